The first kappa shape index (κ1) is 22.3. The lowest BCUT2D eigenvalue weighted by atomic mass is 10.1. The van der Waals surface area contributed by atoms with E-state index < -0.39 is 12.2 Å². The number of thioether (sulfide) groups is 1. The van der Waals surface area contributed by atoms with Crippen molar-refractivity contribution in [3.63, 3.8) is 0 Å². The molecule has 0 spiro atoms. The molecule has 2 aromatic carbocycles. The monoisotopic (exact) mass is 478 g/mol. The summed E-state index contributed by atoms with van der Waals surface area (Å²) in [7, 11) is 5.17. The number of imide groups is 1. The fraction of sp³-hybridized carbons (Fsp3) is 0.333. The Bertz CT molecular complexity index is 1210. The Morgan fingerprint density at radius 1 is 1.06 bits per heavy atom. The number of amides is 3. The lowest BCUT2D eigenvalue weighted by molar-refractivity contribution is -0.136. The zero-order chi connectivity index (χ0) is 23.8. The molecule has 2 aliphatic rings. The number of hydrogen-bond donors (Lipinski definition) is 0. The van der Waals surface area contributed by atoms with Crippen molar-refractivity contribution in [2.45, 2.75) is 24.0 Å². The molecular weight excluding hydrogens is 452 g/mol. The van der Waals surface area contributed by atoms with Gasteiger partial charge in [0.25, 0.3) is 11.1 Å². The highest BCUT2D eigenvalue weighted by Gasteiger charge is 2.51. The molecule has 1 saturated heterocycles. The molecule has 0 aliphatic carbocycles. The number of aliphatic imine (C=N–C) groups is 1. The molecular formula is C24H26N6O3S. The fourth-order valence-corrected chi connectivity index (χ4v) is 5.15. The molecule has 3 heterocycles. The van der Waals surface area contributed by atoms with Crippen LogP contribution in [0.1, 0.15) is 5.56 Å². The number of urea groups is 1. The lowest BCUT2D eigenvalue weighted by Gasteiger charge is -2.40. The Balaban J connectivity index is 1.37. The lowest BCUT2D eigenvalue weighted by Crippen LogP contribution is -2.64. The summed E-state index contributed by atoms with van der Waals surface area (Å²) in [4.78, 5) is 41.8. The number of carbonyl (C=O) groups is 2. The van der Waals surface area contributed by atoms with Crippen molar-refractivity contribution in [3.05, 3.63) is 60.2 Å². The second-order valence-corrected chi connectivity index (χ2v) is 9.46. The van der Waals surface area contributed by atoms with Crippen molar-refractivity contribution >= 4 is 40.8 Å². The quantitative estimate of drug-likeness (QED) is 0.504. The van der Waals surface area contributed by atoms with Crippen LogP contribution in [0.15, 0.2) is 69.2 Å². The van der Waals surface area contributed by atoms with Crippen molar-refractivity contribution < 1.29 is 14.0 Å². The third-order valence-corrected chi connectivity index (χ3v) is 6.94. The van der Waals surface area contributed by atoms with Gasteiger partial charge in [0.2, 0.25) is 0 Å². The van der Waals surface area contributed by atoms with E-state index in [0.717, 1.165) is 16.7 Å². The van der Waals surface area contributed by atoms with Crippen LogP contribution in [0.3, 0.4) is 0 Å². The van der Waals surface area contributed by atoms with Crippen molar-refractivity contribution in [1.82, 2.24) is 24.6 Å². The smallest absolute Gasteiger partial charge is 0.328 e. The summed E-state index contributed by atoms with van der Waals surface area (Å²) in [5, 5.41) is 0.590. The minimum absolute atomic E-state index is 0.244. The highest BCUT2D eigenvalue weighted by atomic mass is 32.2. The molecule has 3 aromatic rings. The third kappa shape index (κ3) is 3.98. The molecule has 0 radical (unpaired) electrons. The van der Waals surface area contributed by atoms with E-state index in [0.29, 0.717) is 30.0 Å². The summed E-state index contributed by atoms with van der Waals surface area (Å²) in [5.74, 6) is 1.09. The van der Waals surface area contributed by atoms with Crippen molar-refractivity contribution in [2.24, 2.45) is 4.99 Å². The number of aromatic nitrogens is 1. The van der Waals surface area contributed by atoms with Crippen molar-refractivity contribution in [2.75, 3.05) is 33.4 Å². The summed E-state index contributed by atoms with van der Waals surface area (Å²) < 4.78 is 5.83. The maximum absolute atomic E-state index is 13.2. The van der Waals surface area contributed by atoms with Gasteiger partial charge in [-0.25, -0.2) is 14.8 Å². The standard InChI is InChI=1S/C24H26N6O3S/c1-27(15-16-9-5-4-6-10-16)22-26-20-19(21(31)29(3)24(32)28(20)2)30(22)13-14-34-23-25-17-11-7-8-12-18(17)33-23/h4-12,19-20H,13-15H2,1-3H3. The second-order valence-electron chi connectivity index (χ2n) is 8.41. The zero-order valence-electron chi connectivity index (χ0n) is 19.3. The van der Waals surface area contributed by atoms with E-state index >= 15 is 0 Å². The summed E-state index contributed by atoms with van der Waals surface area (Å²) in [6.07, 6.45) is -0.557. The summed E-state index contributed by atoms with van der Waals surface area (Å²) in [6.45, 7) is 1.18. The van der Waals surface area contributed by atoms with Gasteiger partial charge in [0.15, 0.2) is 23.8 Å². The molecule has 0 bridgehead atoms. The number of para-hydroxylation sites is 2. The van der Waals surface area contributed by atoms with Gasteiger partial charge in [-0.2, -0.15) is 0 Å². The van der Waals surface area contributed by atoms with Crippen LogP contribution >= 0.6 is 11.8 Å². The molecule has 2 atom stereocenters. The Morgan fingerprint density at radius 3 is 2.56 bits per heavy atom. The summed E-state index contributed by atoms with van der Waals surface area (Å²) >= 11 is 1.50. The topological polar surface area (TPSA) is 85.5 Å². The second kappa shape index (κ2) is 9.02. The van der Waals surface area contributed by atoms with E-state index in [9.17, 15) is 9.59 Å². The first-order valence-electron chi connectivity index (χ1n) is 11.1. The average molecular weight is 479 g/mol. The van der Waals surface area contributed by atoms with Crippen LogP contribution in [-0.2, 0) is 11.3 Å². The number of benzene rings is 2. The third-order valence-electron chi connectivity index (χ3n) is 6.13. The number of guanidine groups is 1. The van der Waals surface area contributed by atoms with Crippen LogP contribution in [0.25, 0.3) is 11.1 Å². The molecule has 10 heteroatoms. The number of nitrogens with zero attached hydrogens (tertiary/aromatic N) is 6. The molecule has 34 heavy (non-hydrogen) atoms. The minimum atomic E-state index is -0.565. The molecule has 9 nitrogen and oxygen atoms in total. The molecule has 5 rings (SSSR count). The van der Waals surface area contributed by atoms with E-state index in [1.165, 1.54) is 28.6 Å². The minimum Gasteiger partial charge on any atom is -0.431 e. The van der Waals surface area contributed by atoms with E-state index in [2.05, 4.69) is 17.1 Å². The van der Waals surface area contributed by atoms with Gasteiger partial charge in [-0.1, -0.05) is 54.2 Å². The number of rotatable bonds is 6. The van der Waals surface area contributed by atoms with Crippen molar-refractivity contribution in [3.8, 4) is 0 Å². The van der Waals surface area contributed by atoms with Gasteiger partial charge in [-0.3, -0.25) is 9.69 Å². The molecule has 1 fully saturated rings. The van der Waals surface area contributed by atoms with Gasteiger partial charge in [-0.15, -0.1) is 0 Å². The Labute approximate surface area is 202 Å². The molecule has 0 N–H and O–H groups in total. The van der Waals surface area contributed by atoms with Gasteiger partial charge in [0.1, 0.15) is 5.52 Å². The van der Waals surface area contributed by atoms with Crippen LogP contribution in [-0.4, -0.2) is 88.1 Å². The van der Waals surface area contributed by atoms with E-state index in [1.54, 1.807) is 7.05 Å². The predicted molar refractivity (Wildman–Crippen MR) is 130 cm³/mol. The molecule has 1 aromatic heterocycles. The highest BCUT2D eigenvalue weighted by molar-refractivity contribution is 7.99. The number of carbonyl (C=O) groups excluding carboxylic acids is 2. The van der Waals surface area contributed by atoms with Crippen LogP contribution in [0.4, 0.5) is 4.79 Å². The van der Waals surface area contributed by atoms with Crippen LogP contribution in [0, 0.1) is 0 Å². The molecule has 3 amide bonds. The summed E-state index contributed by atoms with van der Waals surface area (Å²) in [6, 6.07) is 16.8. The largest absolute Gasteiger partial charge is 0.431 e. The number of hydrogen-bond acceptors (Lipinski definition) is 8. The number of oxazole rings is 1. The van der Waals surface area contributed by atoms with E-state index in [-0.39, 0.29) is 11.9 Å². The Hall–Kier alpha value is -3.53. The number of fused-ring (bicyclic) bond motifs is 2. The number of likely N-dealkylation sites (N-methyl/N-ethyl adjacent to an activating group) is 2. The predicted octanol–water partition coefficient (Wildman–Crippen LogP) is 2.94. The molecule has 0 saturated carbocycles. The average Bonchev–Trinajstić information content (AvgIpc) is 3.43. The van der Waals surface area contributed by atoms with E-state index in [1.807, 2.05) is 59.3 Å². The highest BCUT2D eigenvalue weighted by Crippen LogP contribution is 2.30. The van der Waals surface area contributed by atoms with E-state index in [4.69, 9.17) is 9.41 Å². The maximum Gasteiger partial charge on any atom is 0.328 e. The van der Waals surface area contributed by atoms with Gasteiger partial charge in [0, 0.05) is 40.0 Å². The zero-order valence-corrected chi connectivity index (χ0v) is 20.1. The van der Waals surface area contributed by atoms with Crippen LogP contribution in [0.2, 0.25) is 0 Å². The van der Waals surface area contributed by atoms with Gasteiger partial charge in [0.05, 0.1) is 0 Å². The maximum atomic E-state index is 13.2. The van der Waals surface area contributed by atoms with Gasteiger partial charge in [-0.05, 0) is 17.7 Å². The Morgan fingerprint density at radius 2 is 1.79 bits per heavy atom. The fourth-order valence-electron chi connectivity index (χ4n) is 4.38. The normalized spacial score (nSPS) is 20.2. The van der Waals surface area contributed by atoms with Crippen LogP contribution < -0.4 is 0 Å². The summed E-state index contributed by atoms with van der Waals surface area (Å²) in [5.41, 5.74) is 2.71. The molecule has 176 valence electrons. The SMILES string of the molecule is CN(Cc1ccccc1)C1=NC2C(C(=O)N(C)C(=O)N2C)N1CCSc1nc2ccccc2o1. The molecule has 2 unspecified atom stereocenters. The Kier molecular flexibility index (Phi) is 5.91. The van der Waals surface area contributed by atoms with Crippen molar-refractivity contribution in [1.29, 1.82) is 0 Å². The first-order valence-corrected chi connectivity index (χ1v) is 12.0. The van der Waals surface area contributed by atoms with Crippen LogP contribution in [0.5, 0.6) is 0 Å². The van der Waals surface area contributed by atoms with Gasteiger partial charge < -0.3 is 19.1 Å². The van der Waals surface area contributed by atoms with Gasteiger partial charge >= 0.3 is 6.03 Å². The molecule has 2 aliphatic heterocycles. The first-order chi connectivity index (χ1) is 16.4.